The van der Waals surface area contributed by atoms with Gasteiger partial charge in [0.1, 0.15) is 0 Å². The van der Waals surface area contributed by atoms with Crippen LogP contribution < -0.4 is 10.6 Å². The van der Waals surface area contributed by atoms with E-state index < -0.39 is 4.92 Å². The van der Waals surface area contributed by atoms with Crippen LogP contribution in [0.1, 0.15) is 25.0 Å². The molecule has 1 unspecified atom stereocenters. The van der Waals surface area contributed by atoms with Crippen molar-refractivity contribution in [1.82, 2.24) is 10.6 Å². The van der Waals surface area contributed by atoms with Crippen molar-refractivity contribution in [2.24, 2.45) is 5.92 Å². The highest BCUT2D eigenvalue weighted by atomic mass is 16.6. The van der Waals surface area contributed by atoms with E-state index in [1.54, 1.807) is 19.1 Å². The molecule has 1 aromatic carbocycles. The van der Waals surface area contributed by atoms with E-state index in [0.717, 1.165) is 12.1 Å². The number of nitrogens with zero attached hydrogens (tertiary/aromatic N) is 1. The monoisotopic (exact) mass is 279 g/mol. The Kier molecular flexibility index (Phi) is 6.11. The molecule has 0 aromatic heterocycles. The fourth-order valence-corrected chi connectivity index (χ4v) is 1.87. The molecule has 1 atom stereocenters. The molecule has 1 aromatic rings. The van der Waals surface area contributed by atoms with Crippen molar-refractivity contribution in [2.45, 2.75) is 27.3 Å². The summed E-state index contributed by atoms with van der Waals surface area (Å²) < 4.78 is 0. The average molecular weight is 279 g/mol. The third kappa shape index (κ3) is 4.31. The van der Waals surface area contributed by atoms with Crippen molar-refractivity contribution >= 4 is 11.6 Å². The van der Waals surface area contributed by atoms with Gasteiger partial charge in [-0.3, -0.25) is 14.9 Å². The summed E-state index contributed by atoms with van der Waals surface area (Å²) >= 11 is 0. The molecule has 0 saturated carbocycles. The van der Waals surface area contributed by atoms with Gasteiger partial charge in [-0.2, -0.15) is 0 Å². The number of nitro groups is 1. The minimum Gasteiger partial charge on any atom is -0.352 e. The van der Waals surface area contributed by atoms with Crippen LogP contribution in [0.25, 0.3) is 0 Å². The Balaban J connectivity index is 2.64. The van der Waals surface area contributed by atoms with E-state index in [4.69, 9.17) is 0 Å². The van der Waals surface area contributed by atoms with Gasteiger partial charge in [-0.25, -0.2) is 0 Å². The lowest BCUT2D eigenvalue weighted by atomic mass is 10.1. The third-order valence-corrected chi connectivity index (χ3v) is 3.22. The van der Waals surface area contributed by atoms with E-state index >= 15 is 0 Å². The number of amides is 1. The molecule has 0 heterocycles. The van der Waals surface area contributed by atoms with Crippen LogP contribution >= 0.6 is 0 Å². The molecular formula is C14H21N3O3. The Morgan fingerprint density at radius 3 is 2.75 bits per heavy atom. The topological polar surface area (TPSA) is 84.3 Å². The molecule has 0 fully saturated rings. The van der Waals surface area contributed by atoms with E-state index in [9.17, 15) is 14.9 Å². The van der Waals surface area contributed by atoms with Crippen LogP contribution in [0.15, 0.2) is 18.2 Å². The zero-order valence-corrected chi connectivity index (χ0v) is 12.1. The summed E-state index contributed by atoms with van der Waals surface area (Å²) in [6.07, 6.45) is 0. The molecule has 6 nitrogen and oxygen atoms in total. The Hall–Kier alpha value is -1.95. The van der Waals surface area contributed by atoms with Gasteiger partial charge in [0.25, 0.3) is 5.69 Å². The molecule has 0 radical (unpaired) electrons. The molecule has 0 spiro atoms. The summed E-state index contributed by atoms with van der Waals surface area (Å²) in [5.74, 6) is -0.189. The molecule has 0 aliphatic carbocycles. The van der Waals surface area contributed by atoms with Crippen LogP contribution in [0.3, 0.4) is 0 Å². The fourth-order valence-electron chi connectivity index (χ4n) is 1.87. The van der Waals surface area contributed by atoms with E-state index in [1.165, 1.54) is 6.07 Å². The van der Waals surface area contributed by atoms with Crippen LogP contribution in [0.2, 0.25) is 0 Å². The zero-order valence-electron chi connectivity index (χ0n) is 12.1. The summed E-state index contributed by atoms with van der Waals surface area (Å²) in [4.78, 5) is 22.3. The van der Waals surface area contributed by atoms with Crippen LogP contribution in [-0.2, 0) is 11.3 Å². The minimum atomic E-state index is -0.408. The molecule has 110 valence electrons. The van der Waals surface area contributed by atoms with Crippen molar-refractivity contribution in [2.75, 3.05) is 13.1 Å². The molecule has 20 heavy (non-hydrogen) atoms. The van der Waals surface area contributed by atoms with Crippen molar-refractivity contribution < 1.29 is 9.72 Å². The lowest BCUT2D eigenvalue weighted by Gasteiger charge is -2.13. The predicted molar refractivity (Wildman–Crippen MR) is 77.4 cm³/mol. The van der Waals surface area contributed by atoms with Crippen molar-refractivity contribution in [3.63, 3.8) is 0 Å². The second-order valence-corrected chi connectivity index (χ2v) is 4.74. The highest BCUT2D eigenvalue weighted by Crippen LogP contribution is 2.20. The SMILES string of the molecule is CCNCC(C)C(=O)NCc1cccc([N+](=O)[O-])c1C. The average Bonchev–Trinajstić information content (AvgIpc) is 2.42. The number of nitrogens with one attached hydrogen (secondary N) is 2. The van der Waals surface area contributed by atoms with Gasteiger partial charge in [0.15, 0.2) is 0 Å². The maximum atomic E-state index is 11.9. The largest absolute Gasteiger partial charge is 0.352 e. The minimum absolute atomic E-state index is 0.0585. The molecule has 0 aliphatic rings. The van der Waals surface area contributed by atoms with Gasteiger partial charge in [-0.05, 0) is 19.0 Å². The van der Waals surface area contributed by atoms with Crippen molar-refractivity contribution in [3.05, 3.63) is 39.4 Å². The smallest absolute Gasteiger partial charge is 0.272 e. The van der Waals surface area contributed by atoms with Gasteiger partial charge in [-0.15, -0.1) is 0 Å². The van der Waals surface area contributed by atoms with Gasteiger partial charge in [0, 0.05) is 30.6 Å². The maximum absolute atomic E-state index is 11.9. The maximum Gasteiger partial charge on any atom is 0.272 e. The van der Waals surface area contributed by atoms with Gasteiger partial charge < -0.3 is 10.6 Å². The summed E-state index contributed by atoms with van der Waals surface area (Å²) in [6.45, 7) is 7.28. The van der Waals surface area contributed by atoms with Crippen molar-refractivity contribution in [1.29, 1.82) is 0 Å². The molecule has 2 N–H and O–H groups in total. The summed E-state index contributed by atoms with van der Waals surface area (Å²) in [6, 6.07) is 4.89. The third-order valence-electron chi connectivity index (χ3n) is 3.22. The van der Waals surface area contributed by atoms with Crippen LogP contribution in [0.4, 0.5) is 5.69 Å². The molecule has 1 rings (SSSR count). The Morgan fingerprint density at radius 1 is 1.45 bits per heavy atom. The van der Waals surface area contributed by atoms with Gasteiger partial charge in [-0.1, -0.05) is 26.0 Å². The van der Waals surface area contributed by atoms with Crippen LogP contribution in [0, 0.1) is 23.0 Å². The van der Waals surface area contributed by atoms with E-state index in [0.29, 0.717) is 18.7 Å². The second kappa shape index (κ2) is 7.59. The van der Waals surface area contributed by atoms with Crippen molar-refractivity contribution in [3.8, 4) is 0 Å². The first-order valence-electron chi connectivity index (χ1n) is 6.68. The molecular weight excluding hydrogens is 258 g/mol. The number of benzene rings is 1. The number of hydrogen-bond donors (Lipinski definition) is 2. The summed E-state index contributed by atoms with van der Waals surface area (Å²) in [5, 5.41) is 16.8. The Labute approximate surface area is 118 Å². The normalized spacial score (nSPS) is 11.9. The number of nitro benzene ring substituents is 1. The first-order chi connectivity index (χ1) is 9.47. The Morgan fingerprint density at radius 2 is 2.15 bits per heavy atom. The zero-order chi connectivity index (χ0) is 15.1. The molecule has 0 aliphatic heterocycles. The lowest BCUT2D eigenvalue weighted by molar-refractivity contribution is -0.385. The Bertz CT molecular complexity index is 489. The number of rotatable bonds is 7. The first kappa shape index (κ1) is 16.1. The van der Waals surface area contributed by atoms with Gasteiger partial charge >= 0.3 is 0 Å². The van der Waals surface area contributed by atoms with Crippen LogP contribution in [-0.4, -0.2) is 23.9 Å². The van der Waals surface area contributed by atoms with Crippen LogP contribution in [0.5, 0.6) is 0 Å². The predicted octanol–water partition coefficient (Wildman–Crippen LogP) is 1.77. The second-order valence-electron chi connectivity index (χ2n) is 4.74. The number of carbonyl (C=O) groups excluding carboxylic acids is 1. The first-order valence-corrected chi connectivity index (χ1v) is 6.68. The van der Waals surface area contributed by atoms with Gasteiger partial charge in [0.2, 0.25) is 5.91 Å². The highest BCUT2D eigenvalue weighted by Gasteiger charge is 2.15. The summed E-state index contributed by atoms with van der Waals surface area (Å²) in [7, 11) is 0. The molecule has 0 bridgehead atoms. The number of carbonyl (C=O) groups is 1. The highest BCUT2D eigenvalue weighted by molar-refractivity contribution is 5.78. The standard InChI is InChI=1S/C14H21N3O3/c1-4-15-8-10(2)14(18)16-9-12-6-5-7-13(11(12)3)17(19)20/h5-7,10,15H,4,8-9H2,1-3H3,(H,16,18). The molecule has 0 saturated heterocycles. The van der Waals surface area contributed by atoms with Gasteiger partial charge in [0.05, 0.1) is 4.92 Å². The van der Waals surface area contributed by atoms with E-state index in [-0.39, 0.29) is 17.5 Å². The number of hydrogen-bond acceptors (Lipinski definition) is 4. The fraction of sp³-hybridized carbons (Fsp3) is 0.500. The molecule has 1 amide bonds. The lowest BCUT2D eigenvalue weighted by Crippen LogP contribution is -2.35. The van der Waals surface area contributed by atoms with E-state index in [2.05, 4.69) is 10.6 Å². The molecule has 6 heteroatoms. The quantitative estimate of drug-likeness (QED) is 0.588. The summed E-state index contributed by atoms with van der Waals surface area (Å²) in [5.41, 5.74) is 1.44. The van der Waals surface area contributed by atoms with E-state index in [1.807, 2.05) is 13.8 Å².